The SMILES string of the molecule is c1ccc2c(c1)ccc1c(-c3ccc4cc(-n5c6ccccc6c6cc(-n7c8ccccc8c8ccccc87)ccc65)ccc4c3)nc(-n3c4ccccc4c4cc(-n5c6ccccc6c6ccccc65)ccc43)nc12. The first-order chi connectivity index (χ1) is 37.7. The van der Waals surface area contributed by atoms with Crippen molar-refractivity contribution in [2.75, 3.05) is 0 Å². The van der Waals surface area contributed by atoms with Crippen LogP contribution in [0.15, 0.2) is 255 Å². The summed E-state index contributed by atoms with van der Waals surface area (Å²) in [5.41, 5.74) is 15.5. The summed E-state index contributed by atoms with van der Waals surface area (Å²) in [6.45, 7) is 0. The molecule has 12 aromatic carbocycles. The average molecular weight is 967 g/mol. The average Bonchev–Trinajstić information content (AvgIpc) is 4.35. The van der Waals surface area contributed by atoms with E-state index >= 15 is 0 Å². The summed E-state index contributed by atoms with van der Waals surface area (Å²) in [5, 5.41) is 15.3. The molecule has 6 heteroatoms. The van der Waals surface area contributed by atoms with E-state index in [1.807, 2.05) is 0 Å². The van der Waals surface area contributed by atoms with Crippen LogP contribution in [0.25, 0.3) is 154 Å². The molecular formula is C70H42N6. The van der Waals surface area contributed by atoms with Gasteiger partial charge in [0.15, 0.2) is 0 Å². The fourth-order valence-corrected chi connectivity index (χ4v) is 12.8. The number of rotatable bonds is 5. The zero-order chi connectivity index (χ0) is 49.6. The fraction of sp³-hybridized carbons (Fsp3) is 0. The van der Waals surface area contributed by atoms with Crippen molar-refractivity contribution >= 4 is 120 Å². The van der Waals surface area contributed by atoms with Gasteiger partial charge in [0, 0.05) is 76.5 Å². The van der Waals surface area contributed by atoms with Crippen LogP contribution in [0.3, 0.4) is 0 Å². The molecule has 5 heterocycles. The van der Waals surface area contributed by atoms with Crippen molar-refractivity contribution in [2.45, 2.75) is 0 Å². The number of benzene rings is 12. The molecule has 0 unspecified atom stereocenters. The Labute approximate surface area is 434 Å². The molecule has 0 aliphatic rings. The quantitative estimate of drug-likeness (QED) is 0.161. The van der Waals surface area contributed by atoms with Crippen LogP contribution in [0.1, 0.15) is 0 Å². The highest BCUT2D eigenvalue weighted by Crippen LogP contribution is 2.41. The molecule has 0 atom stereocenters. The normalized spacial score (nSPS) is 12.2. The van der Waals surface area contributed by atoms with Gasteiger partial charge in [0.25, 0.3) is 0 Å². The minimum absolute atomic E-state index is 0.637. The minimum atomic E-state index is 0.637. The summed E-state index contributed by atoms with van der Waals surface area (Å²) in [6, 6.07) is 92.7. The van der Waals surface area contributed by atoms with Crippen LogP contribution in [0, 0.1) is 0 Å². The molecule has 0 aliphatic carbocycles. The molecular weight excluding hydrogens is 925 g/mol. The number of hydrogen-bond acceptors (Lipinski definition) is 2. The zero-order valence-electron chi connectivity index (χ0n) is 40.9. The summed E-state index contributed by atoms with van der Waals surface area (Å²) in [6.07, 6.45) is 0. The minimum Gasteiger partial charge on any atom is -0.309 e. The van der Waals surface area contributed by atoms with Crippen LogP contribution in [0.4, 0.5) is 0 Å². The molecule has 352 valence electrons. The number of nitrogens with zero attached hydrogens (tertiary/aromatic N) is 6. The molecule has 0 saturated carbocycles. The highest BCUT2D eigenvalue weighted by Gasteiger charge is 2.22. The van der Waals surface area contributed by atoms with Gasteiger partial charge >= 0.3 is 0 Å². The third-order valence-corrected chi connectivity index (χ3v) is 16.1. The Morgan fingerprint density at radius 3 is 1.12 bits per heavy atom. The van der Waals surface area contributed by atoms with Crippen LogP contribution < -0.4 is 0 Å². The summed E-state index contributed by atoms with van der Waals surface area (Å²) in [4.78, 5) is 11.1. The molecule has 0 bridgehead atoms. The van der Waals surface area contributed by atoms with E-state index in [0.717, 1.165) is 82.6 Å². The number of fused-ring (bicyclic) bond motifs is 16. The molecule has 0 fully saturated rings. The second kappa shape index (κ2) is 15.6. The maximum Gasteiger partial charge on any atom is 0.235 e. The van der Waals surface area contributed by atoms with Crippen molar-refractivity contribution in [2.24, 2.45) is 0 Å². The maximum absolute atomic E-state index is 5.61. The third kappa shape index (κ3) is 5.80. The van der Waals surface area contributed by atoms with Crippen molar-refractivity contribution in [1.29, 1.82) is 0 Å². The van der Waals surface area contributed by atoms with Crippen LogP contribution in [-0.4, -0.2) is 28.2 Å². The van der Waals surface area contributed by atoms with Crippen molar-refractivity contribution < 1.29 is 0 Å². The van der Waals surface area contributed by atoms with Gasteiger partial charge in [-0.25, -0.2) is 9.97 Å². The van der Waals surface area contributed by atoms with Gasteiger partial charge in [-0.05, 0) is 113 Å². The van der Waals surface area contributed by atoms with Crippen LogP contribution in [0.5, 0.6) is 0 Å². The van der Waals surface area contributed by atoms with Gasteiger partial charge in [-0.15, -0.1) is 0 Å². The molecule has 0 radical (unpaired) electrons. The lowest BCUT2D eigenvalue weighted by molar-refractivity contribution is 1.01. The van der Waals surface area contributed by atoms with Gasteiger partial charge in [0.05, 0.1) is 55.3 Å². The van der Waals surface area contributed by atoms with Crippen molar-refractivity contribution in [3.8, 4) is 34.3 Å². The second-order valence-electron chi connectivity index (χ2n) is 20.1. The van der Waals surface area contributed by atoms with E-state index in [9.17, 15) is 0 Å². The molecule has 5 aromatic heterocycles. The molecule has 0 saturated heterocycles. The van der Waals surface area contributed by atoms with E-state index in [-0.39, 0.29) is 0 Å². The monoisotopic (exact) mass is 966 g/mol. The van der Waals surface area contributed by atoms with Gasteiger partial charge in [0.1, 0.15) is 0 Å². The highest BCUT2D eigenvalue weighted by molar-refractivity contribution is 6.15. The Morgan fingerprint density at radius 2 is 0.592 bits per heavy atom. The number of aromatic nitrogens is 6. The predicted octanol–water partition coefficient (Wildman–Crippen LogP) is 18.0. The Hall–Kier alpha value is -10.3. The Kier molecular flexibility index (Phi) is 8.46. The van der Waals surface area contributed by atoms with E-state index in [1.165, 1.54) is 65.4 Å². The smallest absolute Gasteiger partial charge is 0.235 e. The second-order valence-corrected chi connectivity index (χ2v) is 20.1. The van der Waals surface area contributed by atoms with Crippen LogP contribution in [0.2, 0.25) is 0 Å². The number of hydrogen-bond donors (Lipinski definition) is 0. The predicted molar refractivity (Wildman–Crippen MR) is 317 cm³/mol. The Bertz CT molecular complexity index is 5210. The van der Waals surface area contributed by atoms with Gasteiger partial charge in [-0.1, -0.05) is 158 Å². The lowest BCUT2D eigenvalue weighted by Crippen LogP contribution is -2.04. The first-order valence-corrected chi connectivity index (χ1v) is 26.0. The highest BCUT2D eigenvalue weighted by atomic mass is 15.2. The molecule has 0 amide bonds. The summed E-state index contributed by atoms with van der Waals surface area (Å²) >= 11 is 0. The van der Waals surface area contributed by atoms with Gasteiger partial charge in [0.2, 0.25) is 5.95 Å². The van der Waals surface area contributed by atoms with E-state index in [1.54, 1.807) is 0 Å². The zero-order valence-corrected chi connectivity index (χ0v) is 40.9. The number of para-hydroxylation sites is 6. The van der Waals surface area contributed by atoms with E-state index in [4.69, 9.17) is 9.97 Å². The van der Waals surface area contributed by atoms with Gasteiger partial charge in [-0.2, -0.15) is 0 Å². The summed E-state index contributed by atoms with van der Waals surface area (Å²) in [7, 11) is 0. The fourth-order valence-electron chi connectivity index (χ4n) is 12.8. The van der Waals surface area contributed by atoms with Crippen molar-refractivity contribution in [1.82, 2.24) is 28.2 Å². The van der Waals surface area contributed by atoms with Gasteiger partial charge < -0.3 is 13.7 Å². The van der Waals surface area contributed by atoms with E-state index < -0.39 is 0 Å². The van der Waals surface area contributed by atoms with Crippen LogP contribution in [-0.2, 0) is 0 Å². The van der Waals surface area contributed by atoms with E-state index in [2.05, 4.69) is 273 Å². The Balaban J connectivity index is 0.823. The molecule has 0 N–H and O–H groups in total. The van der Waals surface area contributed by atoms with Crippen molar-refractivity contribution in [3.05, 3.63) is 255 Å². The maximum atomic E-state index is 5.61. The third-order valence-electron chi connectivity index (χ3n) is 16.1. The lowest BCUT2D eigenvalue weighted by Gasteiger charge is -2.14. The standard InChI is InChI=1S/C70H42N6/c1-2-16-50-43(15-1)32-36-57-68(71-70(72-69(50)57)76-65-28-14-8-22-56(65)59-42-49(35-38-67(59)76)75-62-25-11-5-19-53(62)54-20-6-12-26-63(54)75)46-30-29-45-40-47(33-31-44(45)39-46)73-64-27-13-7-21-55(64)58-41-48(34-37-66(58)73)74-60-23-9-3-17-51(60)52-18-4-10-24-61(52)74/h1-42H. The van der Waals surface area contributed by atoms with Gasteiger partial charge in [-0.3, -0.25) is 4.57 Å². The van der Waals surface area contributed by atoms with Crippen molar-refractivity contribution in [3.63, 3.8) is 0 Å². The largest absolute Gasteiger partial charge is 0.309 e. The van der Waals surface area contributed by atoms with E-state index in [0.29, 0.717) is 5.95 Å². The first kappa shape index (κ1) is 41.2. The first-order valence-electron chi connectivity index (χ1n) is 26.0. The molecule has 0 aliphatic heterocycles. The topological polar surface area (TPSA) is 45.5 Å². The lowest BCUT2D eigenvalue weighted by atomic mass is 9.99. The van der Waals surface area contributed by atoms with Crippen LogP contribution >= 0.6 is 0 Å². The summed E-state index contributed by atoms with van der Waals surface area (Å²) < 4.78 is 9.47. The molecule has 17 aromatic rings. The molecule has 6 nitrogen and oxygen atoms in total. The molecule has 17 rings (SSSR count). The molecule has 76 heavy (non-hydrogen) atoms. The molecule has 0 spiro atoms. The summed E-state index contributed by atoms with van der Waals surface area (Å²) in [5.74, 6) is 0.637. The Morgan fingerprint density at radius 1 is 0.224 bits per heavy atom.